The lowest BCUT2D eigenvalue weighted by atomic mass is 10.1. The van der Waals surface area contributed by atoms with Gasteiger partial charge in [0.2, 0.25) is 5.91 Å². The maximum Gasteiger partial charge on any atom is 0.416 e. The zero-order chi connectivity index (χ0) is 23.7. The highest BCUT2D eigenvalue weighted by molar-refractivity contribution is 7.99. The Hall–Kier alpha value is -3.08. The van der Waals surface area contributed by atoms with Gasteiger partial charge in [-0.15, -0.1) is 10.2 Å². The van der Waals surface area contributed by atoms with Crippen LogP contribution >= 0.6 is 11.8 Å². The molecule has 0 spiro atoms. The van der Waals surface area contributed by atoms with Gasteiger partial charge in [-0.05, 0) is 43.2 Å². The molecule has 0 atom stereocenters. The van der Waals surface area contributed by atoms with Gasteiger partial charge in [-0.3, -0.25) is 14.3 Å². The number of carbonyl (C=O) groups excluding carboxylic acids is 1. The number of amides is 1. The van der Waals surface area contributed by atoms with Crippen molar-refractivity contribution in [1.82, 2.24) is 24.6 Å². The van der Waals surface area contributed by atoms with Crippen LogP contribution in [0.5, 0.6) is 0 Å². The lowest BCUT2D eigenvalue weighted by Gasteiger charge is -2.36. The number of alkyl halides is 3. The molecule has 3 aromatic rings. The molecule has 7 nitrogen and oxygen atoms in total. The third kappa shape index (κ3) is 4.89. The van der Waals surface area contributed by atoms with Crippen molar-refractivity contribution in [2.45, 2.75) is 30.2 Å². The predicted octanol–water partition coefficient (Wildman–Crippen LogP) is 4.13. The van der Waals surface area contributed by atoms with E-state index in [0.717, 1.165) is 41.5 Å². The van der Waals surface area contributed by atoms with Gasteiger partial charge < -0.3 is 9.80 Å². The minimum atomic E-state index is -4.37. The van der Waals surface area contributed by atoms with Gasteiger partial charge in [0.05, 0.1) is 11.3 Å². The first-order chi connectivity index (χ1) is 16.4. The number of anilines is 1. The first-order valence-electron chi connectivity index (χ1n) is 11.1. The Bertz CT molecular complexity index is 1160. The average Bonchev–Trinajstić information content (AvgIpc) is 3.61. The van der Waals surface area contributed by atoms with Crippen molar-refractivity contribution in [2.24, 2.45) is 0 Å². The molecule has 1 saturated carbocycles. The third-order valence-electron chi connectivity index (χ3n) is 5.99. The number of hydrogen-bond donors (Lipinski definition) is 0. The first-order valence-corrected chi connectivity index (χ1v) is 12.1. The van der Waals surface area contributed by atoms with Crippen LogP contribution < -0.4 is 4.90 Å². The summed E-state index contributed by atoms with van der Waals surface area (Å²) < 4.78 is 41.2. The molecule has 0 bridgehead atoms. The van der Waals surface area contributed by atoms with Gasteiger partial charge in [0, 0.05) is 55.9 Å². The van der Waals surface area contributed by atoms with Gasteiger partial charge >= 0.3 is 6.18 Å². The van der Waals surface area contributed by atoms with Crippen LogP contribution in [0.1, 0.15) is 24.4 Å². The summed E-state index contributed by atoms with van der Waals surface area (Å²) in [4.78, 5) is 20.7. The van der Waals surface area contributed by atoms with E-state index in [-0.39, 0.29) is 11.7 Å². The standard InChI is InChI=1S/C23H23F3N6OS/c24-23(25,26)17-4-1-5-19(13-17)30-9-11-31(12-10-30)20(33)15-34-22-29-28-21(32(22)18-6-7-18)16-3-2-8-27-14-16/h1-5,8,13-14,18H,6-7,9-12,15H2. The largest absolute Gasteiger partial charge is 0.416 e. The van der Waals surface area contributed by atoms with Crippen LogP contribution in [0.3, 0.4) is 0 Å². The second-order valence-corrected chi connectivity index (χ2v) is 9.30. The van der Waals surface area contributed by atoms with Crippen molar-refractivity contribution in [2.75, 3.05) is 36.8 Å². The Morgan fingerprint density at radius 3 is 2.53 bits per heavy atom. The summed E-state index contributed by atoms with van der Waals surface area (Å²) in [5, 5.41) is 9.39. The third-order valence-corrected chi connectivity index (χ3v) is 6.92. The number of aromatic nitrogens is 4. The van der Waals surface area contributed by atoms with E-state index >= 15 is 0 Å². The van der Waals surface area contributed by atoms with Crippen LogP contribution in [0.25, 0.3) is 11.4 Å². The van der Waals surface area contributed by atoms with E-state index < -0.39 is 11.7 Å². The molecule has 34 heavy (non-hydrogen) atoms. The van der Waals surface area contributed by atoms with E-state index in [1.54, 1.807) is 23.4 Å². The molecule has 0 unspecified atom stereocenters. The quantitative estimate of drug-likeness (QED) is 0.486. The topological polar surface area (TPSA) is 67.2 Å². The van der Waals surface area contributed by atoms with E-state index in [0.29, 0.717) is 37.9 Å². The normalized spacial score (nSPS) is 16.7. The molecule has 1 aliphatic carbocycles. The Labute approximate surface area is 199 Å². The molecule has 2 aliphatic rings. The molecule has 2 fully saturated rings. The van der Waals surface area contributed by atoms with E-state index in [4.69, 9.17) is 0 Å². The molecule has 1 saturated heterocycles. The number of hydrogen-bond acceptors (Lipinski definition) is 6. The molecular formula is C23H23F3N6OS. The number of benzene rings is 1. The van der Waals surface area contributed by atoms with Gasteiger partial charge in [-0.25, -0.2) is 0 Å². The van der Waals surface area contributed by atoms with Crippen LogP contribution in [0.2, 0.25) is 0 Å². The molecule has 1 aliphatic heterocycles. The van der Waals surface area contributed by atoms with Gasteiger partial charge in [0.15, 0.2) is 11.0 Å². The van der Waals surface area contributed by atoms with Gasteiger partial charge in [-0.2, -0.15) is 13.2 Å². The maximum atomic E-state index is 13.0. The van der Waals surface area contributed by atoms with Crippen molar-refractivity contribution in [3.05, 3.63) is 54.4 Å². The van der Waals surface area contributed by atoms with Crippen molar-refractivity contribution >= 4 is 23.4 Å². The van der Waals surface area contributed by atoms with Gasteiger partial charge in [-0.1, -0.05) is 17.8 Å². The summed E-state index contributed by atoms with van der Waals surface area (Å²) in [6.45, 7) is 1.90. The number of thioether (sulfide) groups is 1. The number of rotatable bonds is 6. The fraction of sp³-hybridized carbons (Fsp3) is 0.391. The Morgan fingerprint density at radius 1 is 1.06 bits per heavy atom. The van der Waals surface area contributed by atoms with E-state index in [2.05, 4.69) is 19.7 Å². The first kappa shape index (κ1) is 22.7. The number of halogens is 3. The van der Waals surface area contributed by atoms with Crippen molar-refractivity contribution in [3.63, 3.8) is 0 Å². The van der Waals surface area contributed by atoms with E-state index in [1.807, 2.05) is 17.0 Å². The fourth-order valence-electron chi connectivity index (χ4n) is 4.04. The maximum absolute atomic E-state index is 13.0. The van der Waals surface area contributed by atoms with Crippen LogP contribution in [-0.4, -0.2) is 62.5 Å². The number of pyridine rings is 1. The zero-order valence-electron chi connectivity index (χ0n) is 18.3. The van der Waals surface area contributed by atoms with Crippen LogP contribution in [0, 0.1) is 0 Å². The SMILES string of the molecule is O=C(CSc1nnc(-c2cccnc2)n1C1CC1)N1CCN(c2cccc(C(F)(F)F)c2)CC1. The molecule has 0 N–H and O–H groups in total. The van der Waals surface area contributed by atoms with Gasteiger partial charge in [0.25, 0.3) is 0 Å². The van der Waals surface area contributed by atoms with E-state index in [1.165, 1.54) is 17.8 Å². The molecule has 178 valence electrons. The van der Waals surface area contributed by atoms with Gasteiger partial charge in [0.1, 0.15) is 0 Å². The van der Waals surface area contributed by atoms with Crippen LogP contribution in [0.4, 0.5) is 18.9 Å². The minimum Gasteiger partial charge on any atom is -0.368 e. The fourth-order valence-corrected chi connectivity index (χ4v) is 4.95. The molecule has 3 heterocycles. The van der Waals surface area contributed by atoms with Crippen molar-refractivity contribution in [1.29, 1.82) is 0 Å². The Morgan fingerprint density at radius 2 is 1.85 bits per heavy atom. The molecule has 1 amide bonds. The summed E-state index contributed by atoms with van der Waals surface area (Å²) >= 11 is 1.37. The average molecular weight is 489 g/mol. The van der Waals surface area contributed by atoms with E-state index in [9.17, 15) is 18.0 Å². The molecule has 2 aromatic heterocycles. The van der Waals surface area contributed by atoms with Crippen LogP contribution in [0.15, 0.2) is 53.9 Å². The highest BCUT2D eigenvalue weighted by Gasteiger charge is 2.32. The predicted molar refractivity (Wildman–Crippen MR) is 122 cm³/mol. The number of carbonyl (C=O) groups is 1. The summed E-state index contributed by atoms with van der Waals surface area (Å²) in [5.41, 5.74) is 0.757. The molecule has 11 heteroatoms. The van der Waals surface area contributed by atoms with Crippen LogP contribution in [-0.2, 0) is 11.0 Å². The summed E-state index contributed by atoms with van der Waals surface area (Å²) in [7, 11) is 0. The highest BCUT2D eigenvalue weighted by Crippen LogP contribution is 2.41. The summed E-state index contributed by atoms with van der Waals surface area (Å²) in [6, 6.07) is 9.47. The second kappa shape index (κ2) is 9.28. The minimum absolute atomic E-state index is 0.0121. The van der Waals surface area contributed by atoms with Crippen molar-refractivity contribution in [3.8, 4) is 11.4 Å². The van der Waals surface area contributed by atoms with Crippen molar-refractivity contribution < 1.29 is 18.0 Å². The number of piperazine rings is 1. The summed E-state index contributed by atoms with van der Waals surface area (Å²) in [5.74, 6) is 0.990. The second-order valence-electron chi connectivity index (χ2n) is 8.35. The lowest BCUT2D eigenvalue weighted by Crippen LogP contribution is -2.49. The zero-order valence-corrected chi connectivity index (χ0v) is 19.1. The monoisotopic (exact) mass is 488 g/mol. The Balaban J connectivity index is 1.19. The Kier molecular flexibility index (Phi) is 6.20. The molecule has 5 rings (SSSR count). The lowest BCUT2D eigenvalue weighted by molar-refractivity contribution is -0.137. The number of nitrogens with zero attached hydrogens (tertiary/aromatic N) is 6. The molecular weight excluding hydrogens is 465 g/mol. The molecule has 1 aromatic carbocycles. The summed E-state index contributed by atoms with van der Waals surface area (Å²) in [6.07, 6.45) is 1.21. The highest BCUT2D eigenvalue weighted by atomic mass is 32.2. The molecule has 0 radical (unpaired) electrons. The smallest absolute Gasteiger partial charge is 0.368 e.